The summed E-state index contributed by atoms with van der Waals surface area (Å²) in [5, 5.41) is 3.26. The predicted octanol–water partition coefficient (Wildman–Crippen LogP) is 4.45. The van der Waals surface area contributed by atoms with Gasteiger partial charge in [0.1, 0.15) is 0 Å². The van der Waals surface area contributed by atoms with Gasteiger partial charge in [-0.15, -0.1) is 11.3 Å². The average Bonchev–Trinajstić information content (AvgIpc) is 2.79. The number of alkyl halides is 1. The fourth-order valence-corrected chi connectivity index (χ4v) is 5.14. The second kappa shape index (κ2) is 6.61. The van der Waals surface area contributed by atoms with E-state index < -0.39 is 0 Å². The van der Waals surface area contributed by atoms with E-state index in [0.717, 1.165) is 24.1 Å². The summed E-state index contributed by atoms with van der Waals surface area (Å²) in [5.41, 5.74) is 1.42. The predicted molar refractivity (Wildman–Crippen MR) is 88.0 cm³/mol. The van der Waals surface area contributed by atoms with E-state index in [-0.39, 0.29) is 5.91 Å². The lowest BCUT2D eigenvalue weighted by molar-refractivity contribution is 0.0939. The highest BCUT2D eigenvalue weighted by atomic mass is 79.9. The minimum absolute atomic E-state index is 0.140. The van der Waals surface area contributed by atoms with Crippen molar-refractivity contribution in [3.05, 3.63) is 21.4 Å². The van der Waals surface area contributed by atoms with Crippen LogP contribution in [-0.2, 0) is 12.8 Å². The van der Waals surface area contributed by atoms with E-state index in [2.05, 4.69) is 27.3 Å². The number of rotatable bonds is 2. The minimum atomic E-state index is 0.140. The molecule has 1 fully saturated rings. The van der Waals surface area contributed by atoms with Crippen LogP contribution in [0.2, 0.25) is 0 Å². The molecule has 110 valence electrons. The first-order chi connectivity index (χ1) is 9.74. The van der Waals surface area contributed by atoms with Gasteiger partial charge in [-0.1, -0.05) is 35.2 Å². The van der Waals surface area contributed by atoms with Gasteiger partial charge < -0.3 is 5.32 Å². The zero-order valence-corrected chi connectivity index (χ0v) is 14.2. The quantitative estimate of drug-likeness (QED) is 0.616. The fourth-order valence-electron chi connectivity index (χ4n) is 3.27. The van der Waals surface area contributed by atoms with Crippen LogP contribution in [0, 0.1) is 0 Å². The van der Waals surface area contributed by atoms with Gasteiger partial charge in [-0.3, -0.25) is 4.79 Å². The van der Waals surface area contributed by atoms with Crippen LogP contribution in [0.3, 0.4) is 0 Å². The number of hydrogen-bond acceptors (Lipinski definition) is 2. The number of nitrogens with one attached hydrogen (secondary N) is 1. The molecule has 20 heavy (non-hydrogen) atoms. The third-order valence-electron chi connectivity index (χ3n) is 4.47. The lowest BCUT2D eigenvalue weighted by Crippen LogP contribution is -2.40. The summed E-state index contributed by atoms with van der Waals surface area (Å²) in [4.78, 5) is 15.3. The number of carbonyl (C=O) groups is 1. The molecule has 2 aliphatic carbocycles. The second-order valence-electron chi connectivity index (χ2n) is 6.00. The number of carbonyl (C=O) groups excluding carboxylic acids is 1. The van der Waals surface area contributed by atoms with Gasteiger partial charge in [0.25, 0.3) is 5.91 Å². The van der Waals surface area contributed by atoms with Gasteiger partial charge in [0.15, 0.2) is 0 Å². The van der Waals surface area contributed by atoms with E-state index >= 15 is 0 Å². The molecule has 1 saturated carbocycles. The van der Waals surface area contributed by atoms with E-state index in [4.69, 9.17) is 0 Å². The summed E-state index contributed by atoms with van der Waals surface area (Å²) in [6, 6.07) is 2.43. The zero-order valence-electron chi connectivity index (χ0n) is 11.8. The lowest BCUT2D eigenvalue weighted by Gasteiger charge is -2.21. The van der Waals surface area contributed by atoms with Gasteiger partial charge in [-0.05, 0) is 50.2 Å². The minimum Gasteiger partial charge on any atom is -0.347 e. The summed E-state index contributed by atoms with van der Waals surface area (Å²) < 4.78 is 0. The Labute approximate surface area is 133 Å². The van der Waals surface area contributed by atoms with Crippen LogP contribution in [0.4, 0.5) is 0 Å². The number of hydrogen-bond donors (Lipinski definition) is 1. The Bertz CT molecular complexity index is 461. The first-order valence-corrected chi connectivity index (χ1v) is 9.54. The molecule has 1 aromatic heterocycles. The lowest BCUT2D eigenvalue weighted by atomic mass is 9.99. The monoisotopic (exact) mass is 355 g/mol. The Balaban J connectivity index is 1.67. The van der Waals surface area contributed by atoms with Crippen molar-refractivity contribution in [2.24, 2.45) is 0 Å². The normalized spacial score (nSPS) is 26.6. The van der Waals surface area contributed by atoms with Gasteiger partial charge in [0.2, 0.25) is 0 Å². The molecule has 2 atom stereocenters. The zero-order chi connectivity index (χ0) is 13.9. The highest BCUT2D eigenvalue weighted by Gasteiger charge is 2.25. The standard InChI is InChI=1S/C16H22BrNOS/c17-12-7-2-1-3-8-13(12)18-16(19)15-10-11-6-4-5-9-14(11)20-15/h10,12-13H,1-9H2,(H,18,19). The van der Waals surface area contributed by atoms with E-state index in [1.54, 1.807) is 11.3 Å². The summed E-state index contributed by atoms with van der Waals surface area (Å²) in [7, 11) is 0. The number of fused-ring (bicyclic) bond motifs is 1. The maximum atomic E-state index is 12.5. The average molecular weight is 356 g/mol. The van der Waals surface area contributed by atoms with Crippen molar-refractivity contribution >= 4 is 33.2 Å². The summed E-state index contributed by atoms with van der Waals surface area (Å²) in [5.74, 6) is 0.140. The summed E-state index contributed by atoms with van der Waals surface area (Å²) in [6.45, 7) is 0. The topological polar surface area (TPSA) is 29.1 Å². The van der Waals surface area contributed by atoms with Gasteiger partial charge in [-0.25, -0.2) is 0 Å². The maximum Gasteiger partial charge on any atom is 0.261 e. The van der Waals surface area contributed by atoms with E-state index in [0.29, 0.717) is 10.9 Å². The number of halogens is 1. The Morgan fingerprint density at radius 3 is 2.80 bits per heavy atom. The molecule has 0 radical (unpaired) electrons. The number of aryl methyl sites for hydroxylation is 2. The van der Waals surface area contributed by atoms with Crippen LogP contribution in [0.25, 0.3) is 0 Å². The molecule has 0 bridgehead atoms. The molecule has 2 unspecified atom stereocenters. The van der Waals surface area contributed by atoms with Crippen LogP contribution in [-0.4, -0.2) is 16.8 Å². The van der Waals surface area contributed by atoms with Gasteiger partial charge >= 0.3 is 0 Å². The Morgan fingerprint density at radius 2 is 1.95 bits per heavy atom. The van der Waals surface area contributed by atoms with Crippen molar-refractivity contribution in [1.29, 1.82) is 0 Å². The van der Waals surface area contributed by atoms with Crippen molar-refractivity contribution in [2.75, 3.05) is 0 Å². The third kappa shape index (κ3) is 3.28. The highest BCUT2D eigenvalue weighted by molar-refractivity contribution is 9.09. The summed E-state index contributed by atoms with van der Waals surface area (Å²) in [6.07, 6.45) is 10.9. The molecular weight excluding hydrogens is 334 g/mol. The molecule has 4 heteroatoms. The van der Waals surface area contributed by atoms with Crippen LogP contribution >= 0.6 is 27.3 Å². The molecule has 1 N–H and O–H groups in total. The molecular formula is C16H22BrNOS. The number of amides is 1. The van der Waals surface area contributed by atoms with Crippen LogP contribution < -0.4 is 5.32 Å². The van der Waals surface area contributed by atoms with Crippen LogP contribution in [0.1, 0.15) is 65.1 Å². The Hall–Kier alpha value is -0.350. The maximum absolute atomic E-state index is 12.5. The first kappa shape index (κ1) is 14.6. The van der Waals surface area contributed by atoms with Crippen molar-refractivity contribution in [2.45, 2.75) is 68.7 Å². The molecule has 1 amide bonds. The molecule has 2 aliphatic rings. The molecule has 2 nitrogen and oxygen atoms in total. The fraction of sp³-hybridized carbons (Fsp3) is 0.688. The largest absolute Gasteiger partial charge is 0.347 e. The Kier molecular flexibility index (Phi) is 4.82. The third-order valence-corrected chi connectivity index (χ3v) is 6.80. The van der Waals surface area contributed by atoms with Gasteiger partial charge in [0.05, 0.1) is 4.88 Å². The molecule has 0 saturated heterocycles. The molecule has 0 spiro atoms. The molecule has 1 heterocycles. The van der Waals surface area contributed by atoms with E-state index in [1.807, 2.05) is 0 Å². The van der Waals surface area contributed by atoms with Gasteiger partial charge in [0, 0.05) is 15.7 Å². The van der Waals surface area contributed by atoms with E-state index in [9.17, 15) is 4.79 Å². The molecule has 3 rings (SSSR count). The highest BCUT2D eigenvalue weighted by Crippen LogP contribution is 2.30. The first-order valence-electron chi connectivity index (χ1n) is 7.80. The molecule has 1 aromatic rings. The second-order valence-corrected chi connectivity index (χ2v) is 8.31. The van der Waals surface area contributed by atoms with Crippen molar-refractivity contribution in [1.82, 2.24) is 5.32 Å². The molecule has 0 aromatic carbocycles. The number of thiophene rings is 1. The summed E-state index contributed by atoms with van der Waals surface area (Å²) >= 11 is 5.46. The van der Waals surface area contributed by atoms with E-state index in [1.165, 1.54) is 49.0 Å². The van der Waals surface area contributed by atoms with Crippen LogP contribution in [0.5, 0.6) is 0 Å². The van der Waals surface area contributed by atoms with Gasteiger partial charge in [-0.2, -0.15) is 0 Å². The SMILES string of the molecule is O=C(NC1CCCCCC1Br)c1cc2c(s1)CCCC2. The molecule has 0 aliphatic heterocycles. The van der Waals surface area contributed by atoms with Crippen molar-refractivity contribution < 1.29 is 4.79 Å². The van der Waals surface area contributed by atoms with Crippen LogP contribution in [0.15, 0.2) is 6.07 Å². The van der Waals surface area contributed by atoms with Crippen molar-refractivity contribution in [3.63, 3.8) is 0 Å². The smallest absolute Gasteiger partial charge is 0.261 e. The van der Waals surface area contributed by atoms with Crippen molar-refractivity contribution in [3.8, 4) is 0 Å². The Morgan fingerprint density at radius 1 is 1.15 bits per heavy atom.